The molecule has 0 spiro atoms. The Kier molecular flexibility index (Phi) is 4.45. The smallest absolute Gasteiger partial charge is 0.146 e. The zero-order chi connectivity index (χ0) is 15.5. The lowest BCUT2D eigenvalue weighted by molar-refractivity contribution is 0.291. The Morgan fingerprint density at radius 3 is 2.64 bits per heavy atom. The molecule has 2 atom stereocenters. The number of nitrogens with zero attached hydrogens (tertiary/aromatic N) is 3. The summed E-state index contributed by atoms with van der Waals surface area (Å²) < 4.78 is 7.74. The van der Waals surface area contributed by atoms with Crippen LogP contribution in [0.5, 0.6) is 5.75 Å². The van der Waals surface area contributed by atoms with Crippen LogP contribution < -0.4 is 10.5 Å². The first-order valence-corrected chi connectivity index (χ1v) is 7.77. The van der Waals surface area contributed by atoms with Crippen LogP contribution in [0.15, 0.2) is 36.7 Å². The molecule has 0 bridgehead atoms. The summed E-state index contributed by atoms with van der Waals surface area (Å²) in [7, 11) is 1.97. The second-order valence-corrected chi connectivity index (χ2v) is 6.22. The maximum absolute atomic E-state index is 6.07. The van der Waals surface area contributed by atoms with Crippen LogP contribution in [0.4, 0.5) is 0 Å². The number of hydrogen-bond acceptors (Lipinski definition) is 4. The predicted molar refractivity (Wildman–Crippen MR) is 86.4 cm³/mol. The topological polar surface area (TPSA) is 56.3 Å². The summed E-state index contributed by atoms with van der Waals surface area (Å²) >= 11 is 0. The third-order valence-corrected chi connectivity index (χ3v) is 4.36. The molecule has 0 radical (unpaired) electrons. The van der Waals surface area contributed by atoms with Gasteiger partial charge in [0.05, 0.1) is 0 Å². The van der Waals surface area contributed by atoms with Gasteiger partial charge in [-0.25, -0.2) is 4.98 Å². The van der Waals surface area contributed by atoms with Crippen molar-refractivity contribution in [2.45, 2.75) is 26.1 Å². The molecule has 2 heterocycles. The molecule has 1 aliphatic heterocycles. The van der Waals surface area contributed by atoms with Crippen molar-refractivity contribution in [1.82, 2.24) is 14.5 Å². The molecule has 118 valence electrons. The van der Waals surface area contributed by atoms with Gasteiger partial charge >= 0.3 is 0 Å². The Hall–Kier alpha value is -1.85. The summed E-state index contributed by atoms with van der Waals surface area (Å²) in [6, 6.07) is 8.61. The van der Waals surface area contributed by atoms with Gasteiger partial charge in [0.1, 0.15) is 18.2 Å². The monoisotopic (exact) mass is 300 g/mol. The Morgan fingerprint density at radius 2 is 2.05 bits per heavy atom. The molecule has 0 amide bonds. The van der Waals surface area contributed by atoms with Crippen molar-refractivity contribution in [3.8, 4) is 5.75 Å². The van der Waals surface area contributed by atoms with Crippen molar-refractivity contribution in [2.24, 2.45) is 18.7 Å². The first-order chi connectivity index (χ1) is 10.6. The van der Waals surface area contributed by atoms with E-state index in [9.17, 15) is 0 Å². The Morgan fingerprint density at radius 1 is 1.27 bits per heavy atom. The van der Waals surface area contributed by atoms with Gasteiger partial charge in [0.25, 0.3) is 0 Å². The van der Waals surface area contributed by atoms with Crippen molar-refractivity contribution in [2.75, 3.05) is 13.1 Å². The highest BCUT2D eigenvalue weighted by molar-refractivity contribution is 5.27. The van der Waals surface area contributed by atoms with Crippen molar-refractivity contribution >= 4 is 0 Å². The number of aryl methyl sites for hydroxylation is 1. The molecule has 0 saturated carbocycles. The molecule has 1 aromatic heterocycles. The lowest BCUT2D eigenvalue weighted by Gasteiger charge is -2.15. The molecule has 0 aliphatic carbocycles. The van der Waals surface area contributed by atoms with E-state index in [1.807, 2.05) is 29.9 Å². The van der Waals surface area contributed by atoms with Gasteiger partial charge in [-0.15, -0.1) is 0 Å². The first-order valence-electron chi connectivity index (χ1n) is 7.77. The van der Waals surface area contributed by atoms with Gasteiger partial charge in [0.2, 0.25) is 0 Å². The minimum atomic E-state index is 0.306. The fraction of sp³-hybridized carbons (Fsp3) is 0.471. The molecule has 1 aromatic carbocycles. The summed E-state index contributed by atoms with van der Waals surface area (Å²) in [5, 5.41) is 0. The van der Waals surface area contributed by atoms with Gasteiger partial charge in [-0.2, -0.15) is 0 Å². The summed E-state index contributed by atoms with van der Waals surface area (Å²) in [4.78, 5) is 6.67. The maximum atomic E-state index is 6.07. The van der Waals surface area contributed by atoms with Crippen molar-refractivity contribution in [1.29, 1.82) is 0 Å². The molecular weight excluding hydrogens is 276 g/mol. The summed E-state index contributed by atoms with van der Waals surface area (Å²) in [6.45, 7) is 5.73. The van der Waals surface area contributed by atoms with Crippen LogP contribution in [0.2, 0.25) is 0 Å². The van der Waals surface area contributed by atoms with Crippen LogP contribution in [0.1, 0.15) is 18.3 Å². The zero-order valence-corrected chi connectivity index (χ0v) is 13.3. The van der Waals surface area contributed by atoms with E-state index in [2.05, 4.69) is 28.9 Å². The van der Waals surface area contributed by atoms with Gasteiger partial charge in [0.15, 0.2) is 0 Å². The zero-order valence-electron chi connectivity index (χ0n) is 13.3. The molecule has 5 nitrogen and oxygen atoms in total. The van der Waals surface area contributed by atoms with E-state index in [0.717, 1.165) is 31.2 Å². The summed E-state index contributed by atoms with van der Waals surface area (Å²) in [6.07, 6.45) is 3.70. The highest BCUT2D eigenvalue weighted by Gasteiger charge is 2.26. The molecule has 2 unspecified atom stereocenters. The number of hydrogen-bond donors (Lipinski definition) is 1. The number of likely N-dealkylation sites (tertiary alicyclic amines) is 1. The van der Waals surface area contributed by atoms with Crippen molar-refractivity contribution < 1.29 is 4.74 Å². The summed E-state index contributed by atoms with van der Waals surface area (Å²) in [5.74, 6) is 2.38. The minimum absolute atomic E-state index is 0.306. The molecule has 5 heteroatoms. The maximum Gasteiger partial charge on any atom is 0.146 e. The fourth-order valence-electron chi connectivity index (χ4n) is 2.86. The number of nitrogens with two attached hydrogens (primary N) is 1. The molecule has 22 heavy (non-hydrogen) atoms. The number of benzene rings is 1. The van der Waals surface area contributed by atoms with E-state index in [1.165, 1.54) is 5.56 Å². The number of aromatic nitrogens is 2. The largest absolute Gasteiger partial charge is 0.486 e. The lowest BCUT2D eigenvalue weighted by Crippen LogP contribution is -2.28. The second kappa shape index (κ2) is 6.50. The third-order valence-electron chi connectivity index (χ3n) is 4.36. The van der Waals surface area contributed by atoms with Crippen LogP contribution in [-0.4, -0.2) is 33.6 Å². The number of ether oxygens (including phenoxy) is 1. The van der Waals surface area contributed by atoms with Crippen LogP contribution in [0, 0.1) is 5.92 Å². The van der Waals surface area contributed by atoms with Crippen molar-refractivity contribution in [3.63, 3.8) is 0 Å². The molecule has 2 aromatic rings. The SMILES string of the molecule is CC1CN(Cc2ccc(OCc3nccn3C)cc2)CC1N. The van der Waals surface area contributed by atoms with Crippen LogP contribution in [0.25, 0.3) is 0 Å². The molecule has 1 aliphatic rings. The highest BCUT2D eigenvalue weighted by atomic mass is 16.5. The normalized spacial score (nSPS) is 22.1. The fourth-order valence-corrected chi connectivity index (χ4v) is 2.86. The molecule has 3 rings (SSSR count). The predicted octanol–water partition coefficient (Wildman–Crippen LogP) is 1.78. The third kappa shape index (κ3) is 3.48. The minimum Gasteiger partial charge on any atom is -0.486 e. The Balaban J connectivity index is 1.53. The van der Waals surface area contributed by atoms with Gasteiger partial charge in [0, 0.05) is 45.1 Å². The van der Waals surface area contributed by atoms with Gasteiger partial charge in [-0.05, 0) is 23.6 Å². The second-order valence-electron chi connectivity index (χ2n) is 6.22. The van der Waals surface area contributed by atoms with Crippen molar-refractivity contribution in [3.05, 3.63) is 48.0 Å². The average molecular weight is 300 g/mol. The van der Waals surface area contributed by atoms with E-state index in [0.29, 0.717) is 18.6 Å². The lowest BCUT2D eigenvalue weighted by atomic mass is 10.1. The molecular formula is C17H24N4O. The van der Waals surface area contributed by atoms with E-state index < -0.39 is 0 Å². The number of imidazole rings is 1. The molecule has 1 fully saturated rings. The molecule has 2 N–H and O–H groups in total. The van der Waals surface area contributed by atoms with E-state index in [1.54, 1.807) is 6.20 Å². The van der Waals surface area contributed by atoms with Gasteiger partial charge in [-0.3, -0.25) is 4.90 Å². The summed E-state index contributed by atoms with van der Waals surface area (Å²) in [5.41, 5.74) is 7.37. The van der Waals surface area contributed by atoms with Crippen LogP contribution >= 0.6 is 0 Å². The van der Waals surface area contributed by atoms with Gasteiger partial charge in [-0.1, -0.05) is 19.1 Å². The average Bonchev–Trinajstić information content (AvgIpc) is 3.04. The highest BCUT2D eigenvalue weighted by Crippen LogP contribution is 2.19. The van der Waals surface area contributed by atoms with Gasteiger partial charge < -0.3 is 15.0 Å². The number of rotatable bonds is 5. The standard InChI is InChI=1S/C17H24N4O/c1-13-9-21(11-16(13)18)10-14-3-5-15(6-4-14)22-12-17-19-7-8-20(17)2/h3-8,13,16H,9-12,18H2,1-2H3. The quantitative estimate of drug-likeness (QED) is 0.914. The van der Waals surface area contributed by atoms with Crippen LogP contribution in [0.3, 0.4) is 0 Å². The first kappa shape index (κ1) is 15.1. The molecule has 1 saturated heterocycles. The Bertz CT molecular complexity index is 597. The Labute approximate surface area is 131 Å². The van der Waals surface area contributed by atoms with Crippen LogP contribution in [-0.2, 0) is 20.2 Å². The van der Waals surface area contributed by atoms with E-state index >= 15 is 0 Å². The van der Waals surface area contributed by atoms with E-state index in [-0.39, 0.29) is 0 Å². The van der Waals surface area contributed by atoms with E-state index in [4.69, 9.17) is 10.5 Å².